The second kappa shape index (κ2) is 10.8. The Labute approximate surface area is 190 Å². The van der Waals surface area contributed by atoms with E-state index < -0.39 is 24.0 Å². The third kappa shape index (κ3) is 6.74. The molecular formula is C24H21Cl2NO4. The molecule has 1 amide bonds. The van der Waals surface area contributed by atoms with Gasteiger partial charge in [0.2, 0.25) is 5.91 Å². The molecule has 0 saturated carbocycles. The van der Waals surface area contributed by atoms with Crippen LogP contribution in [0.4, 0.5) is 0 Å². The molecule has 3 rings (SSSR count). The number of carboxylic acid groups (broad SMARTS) is 1. The summed E-state index contributed by atoms with van der Waals surface area (Å²) in [6.45, 7) is 0. The van der Waals surface area contributed by atoms with Crippen LogP contribution in [0.1, 0.15) is 23.7 Å². The fourth-order valence-electron chi connectivity index (χ4n) is 3.08. The van der Waals surface area contributed by atoms with Gasteiger partial charge in [-0.25, -0.2) is 4.79 Å². The van der Waals surface area contributed by atoms with Crippen LogP contribution in [0, 0.1) is 0 Å². The van der Waals surface area contributed by atoms with E-state index in [4.69, 9.17) is 27.9 Å². The second-order valence-corrected chi connectivity index (χ2v) is 7.76. The van der Waals surface area contributed by atoms with Crippen molar-refractivity contribution in [2.24, 2.45) is 0 Å². The van der Waals surface area contributed by atoms with E-state index in [1.165, 1.54) is 0 Å². The maximum Gasteiger partial charge on any atom is 0.326 e. The Hall–Kier alpha value is -3.02. The predicted molar refractivity (Wildman–Crippen MR) is 121 cm³/mol. The summed E-state index contributed by atoms with van der Waals surface area (Å²) in [5.74, 6) is -0.979. The van der Waals surface area contributed by atoms with Gasteiger partial charge in [-0.05, 0) is 35.4 Å². The molecule has 0 aliphatic carbocycles. The molecule has 0 saturated heterocycles. The molecule has 3 aromatic carbocycles. The van der Waals surface area contributed by atoms with Crippen molar-refractivity contribution < 1.29 is 19.4 Å². The molecule has 0 aromatic heterocycles. The normalized spacial score (nSPS) is 12.6. The number of hydrogen-bond donors (Lipinski definition) is 2. The second-order valence-electron chi connectivity index (χ2n) is 6.95. The molecule has 0 aliphatic heterocycles. The SMILES string of the molecule is O=C(CC(Oc1ccccc1)c1ccc(Cl)c(Cl)c1)NC(Cc1ccccc1)C(=O)O. The van der Waals surface area contributed by atoms with Crippen molar-refractivity contribution in [3.05, 3.63) is 100 Å². The minimum absolute atomic E-state index is 0.0918. The molecule has 5 nitrogen and oxygen atoms in total. The Morgan fingerprint density at radius 1 is 0.903 bits per heavy atom. The molecule has 0 bridgehead atoms. The number of ether oxygens (including phenoxy) is 1. The Morgan fingerprint density at radius 2 is 1.55 bits per heavy atom. The summed E-state index contributed by atoms with van der Waals surface area (Å²) in [6, 6.07) is 22.1. The smallest absolute Gasteiger partial charge is 0.326 e. The number of nitrogens with one attached hydrogen (secondary N) is 1. The van der Waals surface area contributed by atoms with Gasteiger partial charge in [-0.15, -0.1) is 0 Å². The van der Waals surface area contributed by atoms with Crippen LogP contribution in [0.15, 0.2) is 78.9 Å². The lowest BCUT2D eigenvalue weighted by atomic mass is 10.0. The highest BCUT2D eigenvalue weighted by Crippen LogP contribution is 2.30. The van der Waals surface area contributed by atoms with Gasteiger partial charge in [0, 0.05) is 6.42 Å². The number of benzene rings is 3. The van der Waals surface area contributed by atoms with Crippen LogP contribution in [0.2, 0.25) is 10.0 Å². The highest BCUT2D eigenvalue weighted by molar-refractivity contribution is 6.42. The number of carboxylic acids is 1. The summed E-state index contributed by atoms with van der Waals surface area (Å²) < 4.78 is 6.02. The van der Waals surface area contributed by atoms with Crippen LogP contribution in [-0.2, 0) is 16.0 Å². The Kier molecular flexibility index (Phi) is 7.93. The van der Waals surface area contributed by atoms with Crippen molar-refractivity contribution in [3.8, 4) is 5.75 Å². The van der Waals surface area contributed by atoms with Gasteiger partial charge in [0.15, 0.2) is 0 Å². The summed E-state index contributed by atoms with van der Waals surface area (Å²) in [4.78, 5) is 24.5. The first-order valence-corrected chi connectivity index (χ1v) is 10.4. The van der Waals surface area contributed by atoms with Gasteiger partial charge in [0.1, 0.15) is 17.9 Å². The zero-order valence-electron chi connectivity index (χ0n) is 16.5. The summed E-state index contributed by atoms with van der Waals surface area (Å²) in [7, 11) is 0. The van der Waals surface area contributed by atoms with Crippen molar-refractivity contribution in [3.63, 3.8) is 0 Å². The minimum atomic E-state index is -1.10. The van der Waals surface area contributed by atoms with Crippen LogP contribution in [0.25, 0.3) is 0 Å². The van der Waals surface area contributed by atoms with Gasteiger partial charge in [0.05, 0.1) is 16.5 Å². The number of carbonyl (C=O) groups excluding carboxylic acids is 1. The minimum Gasteiger partial charge on any atom is -0.485 e. The van der Waals surface area contributed by atoms with Crippen molar-refractivity contribution in [2.75, 3.05) is 0 Å². The lowest BCUT2D eigenvalue weighted by Gasteiger charge is -2.21. The molecule has 2 unspecified atom stereocenters. The van der Waals surface area contributed by atoms with Crippen molar-refractivity contribution in [1.82, 2.24) is 5.32 Å². The van der Waals surface area contributed by atoms with Crippen molar-refractivity contribution in [1.29, 1.82) is 0 Å². The van der Waals surface area contributed by atoms with Gasteiger partial charge in [-0.2, -0.15) is 0 Å². The lowest BCUT2D eigenvalue weighted by Crippen LogP contribution is -2.43. The zero-order valence-corrected chi connectivity index (χ0v) is 18.0. The maximum atomic E-state index is 12.8. The van der Waals surface area contributed by atoms with E-state index in [-0.39, 0.29) is 12.8 Å². The Balaban J connectivity index is 1.76. The number of halogens is 2. The van der Waals surface area contributed by atoms with E-state index in [9.17, 15) is 14.7 Å². The van der Waals surface area contributed by atoms with E-state index in [0.29, 0.717) is 21.4 Å². The first-order valence-electron chi connectivity index (χ1n) is 9.65. The van der Waals surface area contributed by atoms with Crippen LogP contribution in [0.3, 0.4) is 0 Å². The van der Waals surface area contributed by atoms with Gasteiger partial charge < -0.3 is 15.2 Å². The third-order valence-electron chi connectivity index (χ3n) is 4.62. The maximum absolute atomic E-state index is 12.8. The Morgan fingerprint density at radius 3 is 2.16 bits per heavy atom. The average molecular weight is 458 g/mol. The van der Waals surface area contributed by atoms with Crippen LogP contribution in [0.5, 0.6) is 5.75 Å². The van der Waals surface area contributed by atoms with E-state index in [1.54, 1.807) is 30.3 Å². The molecule has 7 heteroatoms. The highest BCUT2D eigenvalue weighted by Gasteiger charge is 2.24. The first kappa shape index (κ1) is 22.7. The molecule has 31 heavy (non-hydrogen) atoms. The number of rotatable bonds is 9. The standard InChI is InChI=1S/C24H21Cl2NO4/c25-19-12-11-17(14-20(19)26)22(31-18-9-5-2-6-10-18)15-23(28)27-21(24(29)30)13-16-7-3-1-4-8-16/h1-12,14,21-22H,13,15H2,(H,27,28)(H,29,30). The molecule has 0 heterocycles. The van der Waals surface area contributed by atoms with Crippen LogP contribution >= 0.6 is 23.2 Å². The zero-order chi connectivity index (χ0) is 22.2. The molecule has 2 N–H and O–H groups in total. The highest BCUT2D eigenvalue weighted by atomic mass is 35.5. The number of para-hydroxylation sites is 1. The first-order chi connectivity index (χ1) is 14.9. The molecule has 3 aromatic rings. The fraction of sp³-hybridized carbons (Fsp3) is 0.167. The predicted octanol–water partition coefficient (Wildman–Crippen LogP) is 5.32. The van der Waals surface area contributed by atoms with E-state index in [2.05, 4.69) is 5.32 Å². The number of hydrogen-bond acceptors (Lipinski definition) is 3. The molecule has 0 spiro atoms. The Bertz CT molecular complexity index is 1030. The summed E-state index contributed by atoms with van der Waals surface area (Å²) in [5.41, 5.74) is 1.47. The summed E-state index contributed by atoms with van der Waals surface area (Å²) in [5, 5.41) is 12.9. The van der Waals surface area contributed by atoms with Gasteiger partial charge in [0.25, 0.3) is 0 Å². The quantitative estimate of drug-likeness (QED) is 0.456. The van der Waals surface area contributed by atoms with Crippen LogP contribution < -0.4 is 10.1 Å². The number of carbonyl (C=O) groups is 2. The summed E-state index contributed by atoms with van der Waals surface area (Å²) >= 11 is 12.2. The molecule has 0 radical (unpaired) electrons. The van der Waals surface area contributed by atoms with Gasteiger partial charge >= 0.3 is 5.97 Å². The average Bonchev–Trinajstić information content (AvgIpc) is 2.76. The topological polar surface area (TPSA) is 75.6 Å². The van der Waals surface area contributed by atoms with E-state index in [1.807, 2.05) is 48.5 Å². The van der Waals surface area contributed by atoms with Crippen molar-refractivity contribution >= 4 is 35.1 Å². The largest absolute Gasteiger partial charge is 0.485 e. The monoisotopic (exact) mass is 457 g/mol. The molecule has 0 fully saturated rings. The number of aliphatic carboxylic acids is 1. The van der Waals surface area contributed by atoms with Crippen LogP contribution in [-0.4, -0.2) is 23.0 Å². The van der Waals surface area contributed by atoms with Gasteiger partial charge in [-0.1, -0.05) is 77.8 Å². The van der Waals surface area contributed by atoms with Gasteiger partial charge in [-0.3, -0.25) is 4.79 Å². The fourth-order valence-corrected chi connectivity index (χ4v) is 3.38. The van der Waals surface area contributed by atoms with E-state index >= 15 is 0 Å². The van der Waals surface area contributed by atoms with E-state index in [0.717, 1.165) is 5.56 Å². The molecule has 2 atom stereocenters. The number of amides is 1. The molecular weight excluding hydrogens is 437 g/mol. The molecule has 160 valence electrons. The third-order valence-corrected chi connectivity index (χ3v) is 5.36. The summed E-state index contributed by atoms with van der Waals surface area (Å²) in [6.07, 6.45) is -0.590. The van der Waals surface area contributed by atoms with Crippen molar-refractivity contribution in [2.45, 2.75) is 25.0 Å². The molecule has 0 aliphatic rings. The lowest BCUT2D eigenvalue weighted by molar-refractivity contribution is -0.142.